The topological polar surface area (TPSA) is 116 Å². The predicted octanol–water partition coefficient (Wildman–Crippen LogP) is 2.22. The molecule has 0 bridgehead atoms. The number of rotatable bonds is 10. The smallest absolute Gasteiger partial charge is 0.309 e. The van der Waals surface area contributed by atoms with Gasteiger partial charge in [-0.15, -0.1) is 0 Å². The molecule has 2 N–H and O–H groups in total. The molecule has 2 atom stereocenters. The van der Waals surface area contributed by atoms with Crippen molar-refractivity contribution in [3.8, 4) is 0 Å². The van der Waals surface area contributed by atoms with Crippen LogP contribution in [0.25, 0.3) is 0 Å². The summed E-state index contributed by atoms with van der Waals surface area (Å²) in [4.78, 5) is 51.0. The van der Waals surface area contributed by atoms with Gasteiger partial charge in [-0.1, -0.05) is 7.43 Å². The summed E-state index contributed by atoms with van der Waals surface area (Å²) < 4.78 is 10.4. The van der Waals surface area contributed by atoms with Gasteiger partial charge in [-0.3, -0.25) is 19.2 Å². The van der Waals surface area contributed by atoms with E-state index in [1.807, 2.05) is 0 Å². The number of amides is 1. The Hall–Kier alpha value is -1.96. The van der Waals surface area contributed by atoms with E-state index >= 15 is 0 Å². The van der Waals surface area contributed by atoms with E-state index in [1.165, 1.54) is 4.90 Å². The molecule has 1 fully saturated rings. The molecule has 0 aromatic heterocycles. The average Bonchev–Trinajstić information content (AvgIpc) is 2.99. The van der Waals surface area contributed by atoms with Gasteiger partial charge in [0.05, 0.1) is 30.2 Å². The van der Waals surface area contributed by atoms with Gasteiger partial charge < -0.3 is 20.1 Å². The lowest BCUT2D eigenvalue weighted by Crippen LogP contribution is -2.53. The maximum absolute atomic E-state index is 13.1. The van der Waals surface area contributed by atoms with E-state index in [4.69, 9.17) is 15.2 Å². The van der Waals surface area contributed by atoms with Crippen LogP contribution < -0.4 is 5.73 Å². The molecule has 0 aromatic carbocycles. The zero-order valence-corrected chi connectivity index (χ0v) is 17.7. The van der Waals surface area contributed by atoms with Gasteiger partial charge in [0, 0.05) is 19.4 Å². The van der Waals surface area contributed by atoms with Crippen LogP contribution in [0.3, 0.4) is 0 Å². The van der Waals surface area contributed by atoms with Crippen molar-refractivity contribution < 1.29 is 28.7 Å². The van der Waals surface area contributed by atoms with E-state index in [-0.39, 0.29) is 57.1 Å². The Morgan fingerprint density at radius 2 is 1.66 bits per heavy atom. The molecule has 0 radical (unpaired) electrons. The minimum absolute atomic E-state index is 0. The van der Waals surface area contributed by atoms with Gasteiger partial charge in [0.2, 0.25) is 5.91 Å². The Morgan fingerprint density at radius 3 is 2.17 bits per heavy atom. The van der Waals surface area contributed by atoms with Crippen molar-refractivity contribution >= 4 is 23.6 Å². The maximum atomic E-state index is 13.1. The Labute approximate surface area is 174 Å². The molecule has 168 valence electrons. The molecule has 8 nitrogen and oxygen atoms in total. The lowest BCUT2D eigenvalue weighted by Gasteiger charge is -2.34. The van der Waals surface area contributed by atoms with Gasteiger partial charge >= 0.3 is 11.9 Å². The van der Waals surface area contributed by atoms with Crippen LogP contribution in [-0.4, -0.2) is 59.4 Å². The largest absolute Gasteiger partial charge is 0.463 e. The molecule has 1 heterocycles. The number of hydrogen-bond donors (Lipinski definition) is 1. The highest BCUT2D eigenvalue weighted by Gasteiger charge is 2.45. The van der Waals surface area contributed by atoms with E-state index in [0.29, 0.717) is 19.4 Å². The van der Waals surface area contributed by atoms with E-state index in [2.05, 4.69) is 0 Å². The van der Waals surface area contributed by atoms with Crippen molar-refractivity contribution in [2.75, 3.05) is 13.1 Å². The van der Waals surface area contributed by atoms with Crippen LogP contribution in [0.1, 0.15) is 74.1 Å². The number of nitrogens with two attached hydrogens (primary N) is 1. The Bertz CT molecular complexity index is 590. The summed E-state index contributed by atoms with van der Waals surface area (Å²) in [6.45, 7) is 8.97. The second kappa shape index (κ2) is 11.9. The quantitative estimate of drug-likeness (QED) is 0.545. The third kappa shape index (κ3) is 7.76. The lowest BCUT2D eigenvalue weighted by molar-refractivity contribution is -0.156. The highest BCUT2D eigenvalue weighted by Crippen LogP contribution is 2.33. The van der Waals surface area contributed by atoms with Crippen LogP contribution in [0, 0.1) is 5.92 Å². The fourth-order valence-electron chi connectivity index (χ4n) is 3.45. The zero-order valence-electron chi connectivity index (χ0n) is 17.7. The first-order chi connectivity index (χ1) is 13.0. The monoisotopic (exact) mass is 414 g/mol. The van der Waals surface area contributed by atoms with E-state index in [0.717, 1.165) is 0 Å². The number of carbonyl (C=O) groups is 4. The van der Waals surface area contributed by atoms with Crippen molar-refractivity contribution in [2.24, 2.45) is 11.7 Å². The average molecular weight is 415 g/mol. The second-order valence-corrected chi connectivity index (χ2v) is 8.01. The Balaban J connectivity index is 0.00000784. The first-order valence-electron chi connectivity index (χ1n) is 9.95. The summed E-state index contributed by atoms with van der Waals surface area (Å²) in [7, 11) is 0. The van der Waals surface area contributed by atoms with Gasteiger partial charge in [0.1, 0.15) is 0 Å². The number of esters is 2. The van der Waals surface area contributed by atoms with Gasteiger partial charge in [-0.05, 0) is 53.9 Å². The number of carbonyl (C=O) groups excluding carboxylic acids is 4. The van der Waals surface area contributed by atoms with Gasteiger partial charge in [0.25, 0.3) is 0 Å². The van der Waals surface area contributed by atoms with E-state index < -0.39 is 23.4 Å². The molecule has 1 saturated heterocycles. The van der Waals surface area contributed by atoms with Gasteiger partial charge in [-0.2, -0.15) is 0 Å². The molecular weight excluding hydrogens is 376 g/mol. The van der Waals surface area contributed by atoms with E-state index in [9.17, 15) is 19.2 Å². The summed E-state index contributed by atoms with van der Waals surface area (Å²) >= 11 is 0. The number of Topliss-reactive ketones (excluding diaryl/α,β-unsaturated/α-hetero) is 1. The standard InChI is InChI=1S/C20H34N2O6.CH4/c1-13(2)27-18(25)8-7-15(19(26)28-14(3)4)11-16(23)20(5)9-6-10-22(20)17(24)12-21;/h13-15H,6-12,21H2,1-5H3;1H4. The molecule has 1 aliphatic rings. The first kappa shape index (κ1) is 27.0. The maximum Gasteiger partial charge on any atom is 0.309 e. The van der Waals surface area contributed by atoms with Crippen LogP contribution in [0.15, 0.2) is 0 Å². The minimum atomic E-state index is -0.981. The Kier molecular flexibility index (Phi) is 11.1. The second-order valence-electron chi connectivity index (χ2n) is 8.01. The SMILES string of the molecule is C.CC(C)OC(=O)CCC(CC(=O)C1(C)CCCN1C(=O)CN)C(=O)OC(C)C. The van der Waals surface area contributed by atoms with Crippen LogP contribution in [-0.2, 0) is 28.7 Å². The van der Waals surface area contributed by atoms with Crippen molar-refractivity contribution in [1.82, 2.24) is 4.90 Å². The van der Waals surface area contributed by atoms with Crippen molar-refractivity contribution in [3.05, 3.63) is 0 Å². The highest BCUT2D eigenvalue weighted by molar-refractivity contribution is 5.95. The minimum Gasteiger partial charge on any atom is -0.463 e. The summed E-state index contributed by atoms with van der Waals surface area (Å²) in [6, 6.07) is 0. The fourth-order valence-corrected chi connectivity index (χ4v) is 3.45. The summed E-state index contributed by atoms with van der Waals surface area (Å²) in [5.74, 6) is -2.19. The third-order valence-corrected chi connectivity index (χ3v) is 4.90. The number of ether oxygens (including phenoxy) is 2. The van der Waals surface area contributed by atoms with Crippen LogP contribution in [0.4, 0.5) is 0 Å². The van der Waals surface area contributed by atoms with E-state index in [1.54, 1.807) is 34.6 Å². The molecule has 1 aliphatic heterocycles. The molecule has 0 spiro atoms. The molecular formula is C21H38N2O6. The highest BCUT2D eigenvalue weighted by atomic mass is 16.5. The molecule has 1 rings (SSSR count). The third-order valence-electron chi connectivity index (χ3n) is 4.90. The molecule has 8 heteroatoms. The normalized spacial score (nSPS) is 19.7. The van der Waals surface area contributed by atoms with Gasteiger partial charge in [-0.25, -0.2) is 0 Å². The number of hydrogen-bond acceptors (Lipinski definition) is 7. The molecule has 0 saturated carbocycles. The van der Waals surface area contributed by atoms with Crippen LogP contribution in [0.2, 0.25) is 0 Å². The predicted molar refractivity (Wildman–Crippen MR) is 110 cm³/mol. The molecule has 0 aromatic rings. The zero-order chi connectivity index (χ0) is 21.5. The van der Waals surface area contributed by atoms with Crippen LogP contribution >= 0.6 is 0 Å². The van der Waals surface area contributed by atoms with Crippen molar-refractivity contribution in [3.63, 3.8) is 0 Å². The summed E-state index contributed by atoms with van der Waals surface area (Å²) in [6.07, 6.45) is 0.739. The van der Waals surface area contributed by atoms with Crippen LogP contribution in [0.5, 0.6) is 0 Å². The lowest BCUT2D eigenvalue weighted by atomic mass is 9.85. The summed E-state index contributed by atoms with van der Waals surface area (Å²) in [5, 5.41) is 0. The van der Waals surface area contributed by atoms with Gasteiger partial charge in [0.15, 0.2) is 5.78 Å². The molecule has 0 aliphatic carbocycles. The molecule has 1 amide bonds. The fraction of sp³-hybridized carbons (Fsp3) is 0.810. The van der Waals surface area contributed by atoms with Crippen molar-refractivity contribution in [1.29, 1.82) is 0 Å². The number of ketones is 1. The number of nitrogens with zero attached hydrogens (tertiary/aromatic N) is 1. The van der Waals surface area contributed by atoms with Crippen molar-refractivity contribution in [2.45, 2.75) is 91.9 Å². The first-order valence-corrected chi connectivity index (χ1v) is 9.95. The number of likely N-dealkylation sites (tertiary alicyclic amines) is 1. The molecule has 29 heavy (non-hydrogen) atoms. The summed E-state index contributed by atoms with van der Waals surface area (Å²) in [5.41, 5.74) is 4.49. The Morgan fingerprint density at radius 1 is 1.07 bits per heavy atom. The molecule has 2 unspecified atom stereocenters.